The number of hydrogen-bond acceptors (Lipinski definition) is 3. The highest BCUT2D eigenvalue weighted by Crippen LogP contribution is 2.41. The molecule has 1 atom stereocenters. The molecule has 2 heterocycles. The van der Waals surface area contributed by atoms with Crippen LogP contribution in [-0.2, 0) is 6.42 Å². The molecule has 2 rings (SSSR count). The second-order valence-corrected chi connectivity index (χ2v) is 8.97. The molecule has 90 valence electrons. The summed E-state index contributed by atoms with van der Waals surface area (Å²) >= 11 is 7.07. The summed E-state index contributed by atoms with van der Waals surface area (Å²) in [5.74, 6) is 2.02. The van der Waals surface area contributed by atoms with E-state index in [1.807, 2.05) is 11.8 Å². The Morgan fingerprint density at radius 1 is 1.38 bits per heavy atom. The van der Waals surface area contributed by atoms with Gasteiger partial charge in [-0.1, -0.05) is 13.8 Å². The van der Waals surface area contributed by atoms with Gasteiger partial charge in [0.1, 0.15) is 0 Å². The maximum atomic E-state index is 10.6. The number of halogens is 1. The molecule has 0 aliphatic carbocycles. The summed E-state index contributed by atoms with van der Waals surface area (Å²) < 4.78 is 1.15. The van der Waals surface area contributed by atoms with Crippen molar-refractivity contribution >= 4 is 39.0 Å². The lowest BCUT2D eigenvalue weighted by Crippen LogP contribution is -2.43. The van der Waals surface area contributed by atoms with Crippen LogP contribution in [0, 0.1) is 5.41 Å². The number of thiophene rings is 1. The fraction of sp³-hybridized carbons (Fsp3) is 0.667. The Kier molecular flexibility index (Phi) is 3.75. The first kappa shape index (κ1) is 12.9. The maximum Gasteiger partial charge on any atom is 0.0791 e. The van der Waals surface area contributed by atoms with Gasteiger partial charge in [0.05, 0.1) is 9.39 Å². The minimum atomic E-state index is -0.517. The largest absolute Gasteiger partial charge is 0.389 e. The number of aliphatic hydroxyl groups is 1. The molecule has 1 unspecified atom stereocenters. The molecule has 1 aromatic heterocycles. The van der Waals surface area contributed by atoms with Crippen molar-refractivity contribution < 1.29 is 5.11 Å². The number of thioether (sulfide) groups is 1. The molecule has 4 heteroatoms. The van der Waals surface area contributed by atoms with Crippen LogP contribution in [0.4, 0.5) is 0 Å². The van der Waals surface area contributed by atoms with Gasteiger partial charge in [-0.15, -0.1) is 11.3 Å². The molecule has 1 N–H and O–H groups in total. The van der Waals surface area contributed by atoms with Crippen molar-refractivity contribution in [2.45, 2.75) is 32.3 Å². The smallest absolute Gasteiger partial charge is 0.0791 e. The first-order valence-electron chi connectivity index (χ1n) is 5.43. The first-order valence-corrected chi connectivity index (χ1v) is 8.19. The maximum absolute atomic E-state index is 10.6. The summed E-state index contributed by atoms with van der Waals surface area (Å²) in [4.78, 5) is 1.27. The van der Waals surface area contributed by atoms with E-state index >= 15 is 0 Å². The zero-order valence-corrected chi connectivity index (χ0v) is 12.8. The van der Waals surface area contributed by atoms with Gasteiger partial charge in [0, 0.05) is 17.1 Å². The van der Waals surface area contributed by atoms with E-state index in [2.05, 4.69) is 41.9 Å². The van der Waals surface area contributed by atoms with Crippen molar-refractivity contribution in [3.63, 3.8) is 0 Å². The zero-order valence-electron chi connectivity index (χ0n) is 9.62. The lowest BCUT2D eigenvalue weighted by atomic mass is 9.80. The summed E-state index contributed by atoms with van der Waals surface area (Å²) in [5.41, 5.74) is -0.261. The normalized spacial score (nSPS) is 29.2. The Hall–Kier alpha value is 0.490. The van der Waals surface area contributed by atoms with Crippen molar-refractivity contribution in [3.8, 4) is 0 Å². The summed E-state index contributed by atoms with van der Waals surface area (Å²) in [5, 5.41) is 10.6. The van der Waals surface area contributed by atoms with Crippen LogP contribution in [0.2, 0.25) is 0 Å². The van der Waals surface area contributed by atoms with Gasteiger partial charge in [-0.05, 0) is 45.7 Å². The van der Waals surface area contributed by atoms with E-state index in [0.717, 1.165) is 28.1 Å². The van der Waals surface area contributed by atoms with E-state index in [1.165, 1.54) is 4.88 Å². The minimum Gasteiger partial charge on any atom is -0.389 e. The lowest BCUT2D eigenvalue weighted by Gasteiger charge is -2.41. The van der Waals surface area contributed by atoms with Crippen molar-refractivity contribution in [1.82, 2.24) is 0 Å². The molecule has 1 saturated heterocycles. The first-order chi connectivity index (χ1) is 7.39. The zero-order chi connectivity index (χ0) is 11.8. The Balaban J connectivity index is 2.07. The molecule has 0 amide bonds. The van der Waals surface area contributed by atoms with Crippen LogP contribution in [0.5, 0.6) is 0 Å². The van der Waals surface area contributed by atoms with Crippen LogP contribution >= 0.6 is 39.0 Å². The monoisotopic (exact) mass is 320 g/mol. The van der Waals surface area contributed by atoms with Gasteiger partial charge >= 0.3 is 0 Å². The molecular formula is C12H17BrOS2. The van der Waals surface area contributed by atoms with Gasteiger partial charge in [-0.3, -0.25) is 0 Å². The van der Waals surface area contributed by atoms with Crippen LogP contribution in [0.25, 0.3) is 0 Å². The van der Waals surface area contributed by atoms with Crippen LogP contribution < -0.4 is 0 Å². The summed E-state index contributed by atoms with van der Waals surface area (Å²) in [6.07, 6.45) is 1.70. The van der Waals surface area contributed by atoms with E-state index in [4.69, 9.17) is 0 Å². The van der Waals surface area contributed by atoms with Gasteiger partial charge in [0.15, 0.2) is 0 Å². The van der Waals surface area contributed by atoms with Gasteiger partial charge < -0.3 is 5.11 Å². The minimum absolute atomic E-state index is 0.256. The predicted octanol–water partition coefficient (Wildman–Crippen LogP) is 3.95. The van der Waals surface area contributed by atoms with E-state index < -0.39 is 5.60 Å². The lowest BCUT2D eigenvalue weighted by molar-refractivity contribution is 0.0207. The highest BCUT2D eigenvalue weighted by Gasteiger charge is 2.39. The van der Waals surface area contributed by atoms with Crippen LogP contribution in [0.15, 0.2) is 15.9 Å². The van der Waals surface area contributed by atoms with Crippen LogP contribution in [-0.4, -0.2) is 22.2 Å². The average Bonchev–Trinajstić information content (AvgIpc) is 2.47. The van der Waals surface area contributed by atoms with Gasteiger partial charge in [-0.25, -0.2) is 0 Å². The molecule has 0 saturated carbocycles. The molecule has 1 nitrogen and oxygen atoms in total. The molecule has 0 aromatic carbocycles. The average molecular weight is 321 g/mol. The van der Waals surface area contributed by atoms with Crippen LogP contribution in [0.1, 0.15) is 25.1 Å². The quantitative estimate of drug-likeness (QED) is 0.890. The van der Waals surface area contributed by atoms with E-state index in [0.29, 0.717) is 0 Å². The Bertz CT molecular complexity index is 375. The van der Waals surface area contributed by atoms with Gasteiger partial charge in [0.25, 0.3) is 0 Å². The van der Waals surface area contributed by atoms with E-state index in [9.17, 15) is 5.11 Å². The summed E-state index contributed by atoms with van der Waals surface area (Å²) in [6.45, 7) is 4.49. The Morgan fingerprint density at radius 3 is 2.69 bits per heavy atom. The molecule has 0 bridgehead atoms. The topological polar surface area (TPSA) is 20.2 Å². The van der Waals surface area contributed by atoms with Crippen LogP contribution in [0.3, 0.4) is 0 Å². The fourth-order valence-corrected chi connectivity index (χ4v) is 5.35. The molecule has 1 aromatic rings. The molecule has 1 fully saturated rings. The molecule has 1 aliphatic heterocycles. The summed E-state index contributed by atoms with van der Waals surface area (Å²) in [7, 11) is 0. The highest BCUT2D eigenvalue weighted by atomic mass is 79.9. The third-order valence-corrected chi connectivity index (χ3v) is 6.15. The van der Waals surface area contributed by atoms with Crippen molar-refractivity contribution in [1.29, 1.82) is 0 Å². The summed E-state index contributed by atoms with van der Waals surface area (Å²) in [6, 6.07) is 4.17. The molecule has 16 heavy (non-hydrogen) atoms. The van der Waals surface area contributed by atoms with E-state index in [-0.39, 0.29) is 5.41 Å². The number of hydrogen-bond donors (Lipinski definition) is 1. The second-order valence-electron chi connectivity index (χ2n) is 5.44. The van der Waals surface area contributed by atoms with Gasteiger partial charge in [0.2, 0.25) is 0 Å². The predicted molar refractivity (Wildman–Crippen MR) is 76.4 cm³/mol. The molecule has 0 radical (unpaired) electrons. The Morgan fingerprint density at radius 2 is 2.12 bits per heavy atom. The standard InChI is InChI=1S/C12H17BrOS2/c1-11(2)6-12(14,8-15-7-11)5-9-3-4-10(13)16-9/h3-4,14H,5-8H2,1-2H3. The molecule has 0 spiro atoms. The molecular weight excluding hydrogens is 304 g/mol. The van der Waals surface area contributed by atoms with Crippen molar-refractivity contribution in [3.05, 3.63) is 20.8 Å². The third-order valence-electron chi connectivity index (χ3n) is 2.80. The second kappa shape index (κ2) is 4.63. The SMILES string of the molecule is CC1(C)CSCC(O)(Cc2ccc(Br)s2)C1. The van der Waals surface area contributed by atoms with E-state index in [1.54, 1.807) is 11.3 Å². The van der Waals surface area contributed by atoms with Gasteiger partial charge in [-0.2, -0.15) is 11.8 Å². The van der Waals surface area contributed by atoms with Crippen molar-refractivity contribution in [2.75, 3.05) is 11.5 Å². The third kappa shape index (κ3) is 3.25. The Labute approximate surface area is 114 Å². The van der Waals surface area contributed by atoms with Crippen molar-refractivity contribution in [2.24, 2.45) is 5.41 Å². The molecule has 1 aliphatic rings. The highest BCUT2D eigenvalue weighted by molar-refractivity contribution is 9.11. The fourth-order valence-electron chi connectivity index (χ4n) is 2.39. The number of rotatable bonds is 2.